The van der Waals surface area contributed by atoms with Crippen LogP contribution < -0.4 is 5.32 Å². The number of allylic oxidation sites excluding steroid dienone is 1. The van der Waals surface area contributed by atoms with Crippen molar-refractivity contribution in [3.05, 3.63) is 12.2 Å². The molecule has 1 heteroatoms. The van der Waals surface area contributed by atoms with Gasteiger partial charge in [-0.3, -0.25) is 0 Å². The Balaban J connectivity index is 2.64. The van der Waals surface area contributed by atoms with E-state index in [4.69, 9.17) is 0 Å². The molecule has 0 radical (unpaired) electrons. The molecule has 1 fully saturated rings. The van der Waals surface area contributed by atoms with Gasteiger partial charge in [0.05, 0.1) is 0 Å². The van der Waals surface area contributed by atoms with E-state index in [1.807, 2.05) is 0 Å². The van der Waals surface area contributed by atoms with Crippen LogP contribution >= 0.6 is 0 Å². The van der Waals surface area contributed by atoms with Gasteiger partial charge in [0.25, 0.3) is 0 Å². The van der Waals surface area contributed by atoms with Crippen molar-refractivity contribution >= 4 is 0 Å². The molecule has 1 aliphatic rings. The molecule has 1 aliphatic carbocycles. The van der Waals surface area contributed by atoms with E-state index in [0.29, 0.717) is 11.5 Å². The van der Waals surface area contributed by atoms with Gasteiger partial charge in [-0.2, -0.15) is 0 Å². The highest BCUT2D eigenvalue weighted by molar-refractivity contribution is 4.96. The average molecular weight is 265 g/mol. The second kappa shape index (κ2) is 6.92. The van der Waals surface area contributed by atoms with Crippen LogP contribution in [0.5, 0.6) is 0 Å². The van der Waals surface area contributed by atoms with Crippen LogP contribution in [0, 0.1) is 23.2 Å². The van der Waals surface area contributed by atoms with Gasteiger partial charge in [0.1, 0.15) is 0 Å². The summed E-state index contributed by atoms with van der Waals surface area (Å²) < 4.78 is 0. The quantitative estimate of drug-likeness (QED) is 0.688. The number of hydrogen-bond acceptors (Lipinski definition) is 1. The molecule has 0 aromatic heterocycles. The molecule has 3 unspecified atom stereocenters. The van der Waals surface area contributed by atoms with Gasteiger partial charge in [0.2, 0.25) is 0 Å². The van der Waals surface area contributed by atoms with Gasteiger partial charge >= 0.3 is 0 Å². The first kappa shape index (κ1) is 16.8. The van der Waals surface area contributed by atoms with Crippen molar-refractivity contribution in [2.45, 2.75) is 73.3 Å². The highest BCUT2D eigenvalue weighted by Crippen LogP contribution is 2.44. The highest BCUT2D eigenvalue weighted by atomic mass is 14.9. The molecule has 0 amide bonds. The highest BCUT2D eigenvalue weighted by Gasteiger charge is 2.35. The van der Waals surface area contributed by atoms with E-state index >= 15 is 0 Å². The monoisotopic (exact) mass is 265 g/mol. The molecule has 0 bridgehead atoms. The summed E-state index contributed by atoms with van der Waals surface area (Å²) in [5.41, 5.74) is 1.82. The van der Waals surface area contributed by atoms with Crippen molar-refractivity contribution in [3.63, 3.8) is 0 Å². The summed E-state index contributed by atoms with van der Waals surface area (Å²) in [4.78, 5) is 0. The van der Waals surface area contributed by atoms with Crippen molar-refractivity contribution in [1.29, 1.82) is 0 Å². The van der Waals surface area contributed by atoms with Crippen LogP contribution in [0.15, 0.2) is 12.2 Å². The lowest BCUT2D eigenvalue weighted by atomic mass is 9.64. The van der Waals surface area contributed by atoms with Crippen LogP contribution in [0.4, 0.5) is 0 Å². The number of rotatable bonds is 5. The summed E-state index contributed by atoms with van der Waals surface area (Å²) in [5.74, 6) is 2.56. The number of hydrogen-bond donors (Lipinski definition) is 1. The van der Waals surface area contributed by atoms with Crippen LogP contribution in [-0.4, -0.2) is 12.6 Å². The molecule has 0 aromatic carbocycles. The SMILES string of the molecule is C=C(C)CC1CC(C(C)(C)C)CCC1CNC(C)C. The second-order valence-corrected chi connectivity index (χ2v) is 8.12. The van der Waals surface area contributed by atoms with E-state index in [-0.39, 0.29) is 0 Å². The van der Waals surface area contributed by atoms with Crippen LogP contribution in [0.3, 0.4) is 0 Å². The Kier molecular flexibility index (Phi) is 6.11. The molecule has 0 aliphatic heterocycles. The molecular formula is C18H35N. The Morgan fingerprint density at radius 3 is 2.32 bits per heavy atom. The maximum Gasteiger partial charge on any atom is 0.00104 e. The standard InChI is InChI=1S/C18H35N/c1-13(2)10-16-11-17(18(5,6)7)9-8-15(16)12-19-14(3)4/h14-17,19H,1,8-12H2,2-7H3. The topological polar surface area (TPSA) is 12.0 Å². The summed E-state index contributed by atoms with van der Waals surface area (Å²) in [6.07, 6.45) is 5.40. The van der Waals surface area contributed by atoms with Gasteiger partial charge < -0.3 is 5.32 Å². The maximum absolute atomic E-state index is 4.15. The molecule has 1 N–H and O–H groups in total. The molecule has 0 aromatic rings. The lowest BCUT2D eigenvalue weighted by Gasteiger charge is -2.42. The van der Waals surface area contributed by atoms with E-state index < -0.39 is 0 Å². The molecule has 0 saturated heterocycles. The Hall–Kier alpha value is -0.300. The third-order valence-electron chi connectivity index (χ3n) is 4.76. The largest absolute Gasteiger partial charge is 0.314 e. The Labute approximate surface area is 121 Å². The van der Waals surface area contributed by atoms with Crippen molar-refractivity contribution in [2.75, 3.05) is 6.54 Å². The maximum atomic E-state index is 4.15. The molecule has 0 heterocycles. The van der Waals surface area contributed by atoms with Crippen molar-refractivity contribution in [3.8, 4) is 0 Å². The van der Waals surface area contributed by atoms with Crippen LogP contribution in [0.2, 0.25) is 0 Å². The summed E-state index contributed by atoms with van der Waals surface area (Å²) in [5, 5.41) is 3.64. The van der Waals surface area contributed by atoms with Gasteiger partial charge in [0.15, 0.2) is 0 Å². The van der Waals surface area contributed by atoms with Crippen molar-refractivity contribution < 1.29 is 0 Å². The zero-order valence-corrected chi connectivity index (χ0v) is 14.1. The second-order valence-electron chi connectivity index (χ2n) is 8.12. The fraction of sp³-hybridized carbons (Fsp3) is 0.889. The van der Waals surface area contributed by atoms with Gasteiger partial charge in [-0.05, 0) is 62.3 Å². The molecule has 0 spiro atoms. The predicted molar refractivity (Wildman–Crippen MR) is 86.3 cm³/mol. The third-order valence-corrected chi connectivity index (χ3v) is 4.76. The van der Waals surface area contributed by atoms with Crippen molar-refractivity contribution in [2.24, 2.45) is 23.2 Å². The Morgan fingerprint density at radius 1 is 1.21 bits per heavy atom. The van der Waals surface area contributed by atoms with Gasteiger partial charge in [0, 0.05) is 6.04 Å². The van der Waals surface area contributed by atoms with E-state index in [9.17, 15) is 0 Å². The molecule has 1 rings (SSSR count). The fourth-order valence-electron chi connectivity index (χ4n) is 3.47. The first-order chi connectivity index (χ1) is 8.70. The summed E-state index contributed by atoms with van der Waals surface area (Å²) in [6, 6.07) is 0.603. The van der Waals surface area contributed by atoms with Gasteiger partial charge in [-0.1, -0.05) is 40.2 Å². The molecule has 1 nitrogen and oxygen atoms in total. The minimum atomic E-state index is 0.462. The first-order valence-electron chi connectivity index (χ1n) is 8.08. The van der Waals surface area contributed by atoms with E-state index in [1.165, 1.54) is 37.8 Å². The zero-order chi connectivity index (χ0) is 14.6. The molecular weight excluding hydrogens is 230 g/mol. The molecule has 19 heavy (non-hydrogen) atoms. The van der Waals surface area contributed by atoms with Gasteiger partial charge in [-0.25, -0.2) is 0 Å². The van der Waals surface area contributed by atoms with Crippen LogP contribution in [-0.2, 0) is 0 Å². The van der Waals surface area contributed by atoms with E-state index in [1.54, 1.807) is 0 Å². The minimum Gasteiger partial charge on any atom is -0.314 e. The zero-order valence-electron chi connectivity index (χ0n) is 14.1. The normalized spacial score (nSPS) is 28.7. The fourth-order valence-corrected chi connectivity index (χ4v) is 3.47. The van der Waals surface area contributed by atoms with Crippen LogP contribution in [0.25, 0.3) is 0 Å². The van der Waals surface area contributed by atoms with E-state index in [0.717, 1.165) is 17.8 Å². The Morgan fingerprint density at radius 2 is 1.84 bits per heavy atom. The first-order valence-corrected chi connectivity index (χ1v) is 8.08. The summed E-state index contributed by atoms with van der Waals surface area (Å²) >= 11 is 0. The van der Waals surface area contributed by atoms with Crippen LogP contribution in [0.1, 0.15) is 67.2 Å². The lowest BCUT2D eigenvalue weighted by Crippen LogP contribution is -2.38. The third kappa shape index (κ3) is 5.69. The van der Waals surface area contributed by atoms with E-state index in [2.05, 4.69) is 53.4 Å². The Bertz CT molecular complexity index is 285. The average Bonchev–Trinajstić information content (AvgIpc) is 2.25. The van der Waals surface area contributed by atoms with Crippen molar-refractivity contribution in [1.82, 2.24) is 5.32 Å². The molecule has 1 saturated carbocycles. The smallest absolute Gasteiger partial charge is 0.00104 e. The minimum absolute atomic E-state index is 0.462. The summed E-state index contributed by atoms with van der Waals surface area (Å²) in [6.45, 7) is 19.2. The summed E-state index contributed by atoms with van der Waals surface area (Å²) in [7, 11) is 0. The number of nitrogens with one attached hydrogen (secondary N) is 1. The lowest BCUT2D eigenvalue weighted by molar-refractivity contribution is 0.0962. The predicted octanol–water partition coefficient (Wildman–Crippen LogP) is 5.03. The molecule has 112 valence electrons. The molecule has 3 atom stereocenters. The van der Waals surface area contributed by atoms with Gasteiger partial charge in [-0.15, -0.1) is 6.58 Å².